The van der Waals surface area contributed by atoms with Gasteiger partial charge in [-0.05, 0) is 32.4 Å². The van der Waals surface area contributed by atoms with Gasteiger partial charge in [-0.3, -0.25) is 0 Å². The molecule has 0 amide bonds. The third-order valence-electron chi connectivity index (χ3n) is 3.37. The largest absolute Gasteiger partial charge is 0.406 e. The molecule has 21 heavy (non-hydrogen) atoms. The second-order valence-corrected chi connectivity index (χ2v) is 5.10. The van der Waals surface area contributed by atoms with Gasteiger partial charge in [0.25, 0.3) is 0 Å². The van der Waals surface area contributed by atoms with Gasteiger partial charge in [0.2, 0.25) is 5.89 Å². The zero-order chi connectivity index (χ0) is 15.1. The van der Waals surface area contributed by atoms with Gasteiger partial charge in [-0.1, -0.05) is 42.4 Å². The topological polar surface area (TPSA) is 54.2 Å². The lowest BCUT2D eigenvalue weighted by Crippen LogP contribution is -2.22. The fourth-order valence-corrected chi connectivity index (χ4v) is 2.10. The van der Waals surface area contributed by atoms with E-state index >= 15 is 0 Å². The highest BCUT2D eigenvalue weighted by molar-refractivity contribution is 5.28. The lowest BCUT2D eigenvalue weighted by molar-refractivity contribution is 0.414. The number of rotatable bonds is 8. The molecular formula is C16H24N4O. The fraction of sp³-hybridized carbons (Fsp3) is 0.500. The Kier molecular flexibility index (Phi) is 5.75. The van der Waals surface area contributed by atoms with Gasteiger partial charge in [0.05, 0.1) is 6.04 Å². The fourth-order valence-electron chi connectivity index (χ4n) is 2.10. The first-order valence-electron chi connectivity index (χ1n) is 7.60. The highest BCUT2D eigenvalue weighted by Crippen LogP contribution is 2.19. The van der Waals surface area contributed by atoms with Crippen molar-refractivity contribution in [2.24, 2.45) is 0 Å². The Morgan fingerprint density at radius 3 is 2.62 bits per heavy atom. The summed E-state index contributed by atoms with van der Waals surface area (Å²) in [4.78, 5) is 2.08. The van der Waals surface area contributed by atoms with Crippen molar-refractivity contribution in [2.75, 3.05) is 18.0 Å². The first-order chi connectivity index (χ1) is 10.2. The summed E-state index contributed by atoms with van der Waals surface area (Å²) in [5, 5.41) is 11.7. The highest BCUT2D eigenvalue weighted by Gasteiger charge is 2.17. The average molecular weight is 288 g/mol. The van der Waals surface area contributed by atoms with Crippen LogP contribution in [0.5, 0.6) is 0 Å². The molecule has 0 saturated carbocycles. The van der Waals surface area contributed by atoms with Gasteiger partial charge in [0.15, 0.2) is 0 Å². The smallest absolute Gasteiger partial charge is 0.318 e. The number of anilines is 1. The molecule has 0 saturated heterocycles. The molecule has 1 unspecified atom stereocenters. The van der Waals surface area contributed by atoms with Crippen molar-refractivity contribution in [3.8, 4) is 0 Å². The molecule has 1 aromatic heterocycles. The van der Waals surface area contributed by atoms with Crippen LogP contribution in [0.25, 0.3) is 0 Å². The van der Waals surface area contributed by atoms with Crippen LogP contribution in [-0.4, -0.2) is 23.3 Å². The van der Waals surface area contributed by atoms with Crippen molar-refractivity contribution in [3.05, 3.63) is 41.8 Å². The van der Waals surface area contributed by atoms with Crippen molar-refractivity contribution in [3.63, 3.8) is 0 Å². The van der Waals surface area contributed by atoms with Crippen LogP contribution in [0.3, 0.4) is 0 Å². The maximum Gasteiger partial charge on any atom is 0.318 e. The van der Waals surface area contributed by atoms with E-state index in [0.717, 1.165) is 26.1 Å². The molecule has 2 aromatic rings. The maximum atomic E-state index is 5.81. The van der Waals surface area contributed by atoms with Crippen molar-refractivity contribution in [2.45, 2.75) is 39.8 Å². The standard InChI is InChI=1S/C16H24N4O/c1-4-11-17-13(3)15-18-19-16(21-15)20(5-2)12-14-9-7-6-8-10-14/h6-10,13,17H,4-5,11-12H2,1-3H3. The second kappa shape index (κ2) is 7.78. The van der Waals surface area contributed by atoms with Crippen LogP contribution in [0.1, 0.15) is 44.7 Å². The summed E-state index contributed by atoms with van der Waals surface area (Å²) in [6.07, 6.45) is 1.08. The minimum absolute atomic E-state index is 0.0848. The van der Waals surface area contributed by atoms with E-state index in [1.165, 1.54) is 5.56 Å². The predicted octanol–water partition coefficient (Wildman–Crippen LogP) is 3.16. The molecule has 0 aliphatic carbocycles. The molecule has 0 bridgehead atoms. The van der Waals surface area contributed by atoms with E-state index in [1.54, 1.807) is 0 Å². The van der Waals surface area contributed by atoms with Gasteiger partial charge in [-0.2, -0.15) is 0 Å². The summed E-state index contributed by atoms with van der Waals surface area (Å²) in [6.45, 7) is 8.81. The van der Waals surface area contributed by atoms with Crippen molar-refractivity contribution < 1.29 is 4.42 Å². The minimum atomic E-state index is 0.0848. The number of benzene rings is 1. The van der Waals surface area contributed by atoms with Crippen LogP contribution in [0.2, 0.25) is 0 Å². The zero-order valence-corrected chi connectivity index (χ0v) is 13.0. The molecule has 0 radical (unpaired) electrons. The molecular weight excluding hydrogens is 264 g/mol. The highest BCUT2D eigenvalue weighted by atomic mass is 16.4. The molecule has 2 rings (SSSR count). The zero-order valence-electron chi connectivity index (χ0n) is 13.0. The number of nitrogens with zero attached hydrogens (tertiary/aromatic N) is 3. The second-order valence-electron chi connectivity index (χ2n) is 5.10. The number of aromatic nitrogens is 2. The van der Waals surface area contributed by atoms with E-state index in [-0.39, 0.29) is 6.04 Å². The summed E-state index contributed by atoms with van der Waals surface area (Å²) in [6, 6.07) is 11.0. The van der Waals surface area contributed by atoms with Crippen LogP contribution in [0, 0.1) is 0 Å². The van der Waals surface area contributed by atoms with E-state index in [9.17, 15) is 0 Å². The third kappa shape index (κ3) is 4.29. The Morgan fingerprint density at radius 2 is 1.95 bits per heavy atom. The quantitative estimate of drug-likeness (QED) is 0.808. The Morgan fingerprint density at radius 1 is 1.19 bits per heavy atom. The molecule has 5 nitrogen and oxygen atoms in total. The van der Waals surface area contributed by atoms with E-state index < -0.39 is 0 Å². The molecule has 1 atom stereocenters. The molecule has 0 fully saturated rings. The van der Waals surface area contributed by atoms with Crippen molar-refractivity contribution in [1.82, 2.24) is 15.5 Å². The Hall–Kier alpha value is -1.88. The number of nitrogens with one attached hydrogen (secondary N) is 1. The van der Waals surface area contributed by atoms with Gasteiger partial charge in [0, 0.05) is 13.1 Å². The SMILES string of the molecule is CCCNC(C)c1nnc(N(CC)Cc2ccccc2)o1. The van der Waals surface area contributed by atoms with Crippen LogP contribution < -0.4 is 10.2 Å². The predicted molar refractivity (Wildman–Crippen MR) is 84.2 cm³/mol. The van der Waals surface area contributed by atoms with E-state index in [2.05, 4.69) is 46.4 Å². The monoisotopic (exact) mass is 288 g/mol. The lowest BCUT2D eigenvalue weighted by atomic mass is 10.2. The van der Waals surface area contributed by atoms with Crippen LogP contribution >= 0.6 is 0 Å². The summed E-state index contributed by atoms with van der Waals surface area (Å²) < 4.78 is 5.81. The van der Waals surface area contributed by atoms with Gasteiger partial charge < -0.3 is 14.6 Å². The summed E-state index contributed by atoms with van der Waals surface area (Å²) >= 11 is 0. The third-order valence-corrected chi connectivity index (χ3v) is 3.37. The van der Waals surface area contributed by atoms with Gasteiger partial charge in [0.1, 0.15) is 0 Å². The first kappa shape index (κ1) is 15.5. The lowest BCUT2D eigenvalue weighted by Gasteiger charge is -2.18. The molecule has 1 N–H and O–H groups in total. The van der Waals surface area contributed by atoms with Crippen LogP contribution in [0.15, 0.2) is 34.7 Å². The average Bonchev–Trinajstić information content (AvgIpc) is 3.01. The van der Waals surface area contributed by atoms with E-state index in [1.807, 2.05) is 25.1 Å². The van der Waals surface area contributed by atoms with Gasteiger partial charge in [-0.15, -0.1) is 5.10 Å². The molecule has 1 heterocycles. The molecule has 1 aromatic carbocycles. The van der Waals surface area contributed by atoms with Crippen molar-refractivity contribution >= 4 is 6.01 Å². The summed E-state index contributed by atoms with van der Waals surface area (Å²) in [7, 11) is 0. The Balaban J connectivity index is 2.04. The van der Waals surface area contributed by atoms with E-state index in [4.69, 9.17) is 4.42 Å². The maximum absolute atomic E-state index is 5.81. The Labute approximate surface area is 126 Å². The molecule has 0 aliphatic heterocycles. The van der Waals surface area contributed by atoms with E-state index in [0.29, 0.717) is 11.9 Å². The van der Waals surface area contributed by atoms with Gasteiger partial charge >= 0.3 is 6.01 Å². The number of hydrogen-bond donors (Lipinski definition) is 1. The van der Waals surface area contributed by atoms with Crippen LogP contribution in [-0.2, 0) is 6.54 Å². The van der Waals surface area contributed by atoms with Crippen molar-refractivity contribution in [1.29, 1.82) is 0 Å². The summed E-state index contributed by atoms with van der Waals surface area (Å²) in [5.74, 6) is 0.643. The number of hydrogen-bond acceptors (Lipinski definition) is 5. The summed E-state index contributed by atoms with van der Waals surface area (Å²) in [5.41, 5.74) is 1.23. The molecule has 5 heteroatoms. The van der Waals surface area contributed by atoms with Crippen LogP contribution in [0.4, 0.5) is 6.01 Å². The minimum Gasteiger partial charge on any atom is -0.406 e. The molecule has 0 aliphatic rings. The Bertz CT molecular complexity index is 526. The molecule has 114 valence electrons. The molecule has 0 spiro atoms. The van der Waals surface area contributed by atoms with Gasteiger partial charge in [-0.25, -0.2) is 0 Å². The normalized spacial score (nSPS) is 12.3. The first-order valence-corrected chi connectivity index (χ1v) is 7.60.